The number of benzene rings is 2. The summed E-state index contributed by atoms with van der Waals surface area (Å²) in [7, 11) is -7.10. The minimum absolute atomic E-state index is 0.161. The minimum Gasteiger partial charge on any atom is -0.284 e. The summed E-state index contributed by atoms with van der Waals surface area (Å²) in [6.45, 7) is 1.51. The molecule has 1 aliphatic rings. The molecular formula is C18H20FN3O4S2. The van der Waals surface area contributed by atoms with Gasteiger partial charge in [0.05, 0.1) is 23.8 Å². The van der Waals surface area contributed by atoms with Crippen molar-refractivity contribution < 1.29 is 21.2 Å². The lowest BCUT2D eigenvalue weighted by Crippen LogP contribution is -2.29. The van der Waals surface area contributed by atoms with Crippen LogP contribution < -0.4 is 4.72 Å². The first-order valence-electron chi connectivity index (χ1n) is 8.53. The van der Waals surface area contributed by atoms with E-state index in [4.69, 9.17) is 0 Å². The number of sulfonamides is 2. The van der Waals surface area contributed by atoms with Gasteiger partial charge in [-0.1, -0.05) is 30.3 Å². The molecular weight excluding hydrogens is 405 g/mol. The van der Waals surface area contributed by atoms with Crippen LogP contribution in [0.3, 0.4) is 0 Å². The summed E-state index contributed by atoms with van der Waals surface area (Å²) in [5, 5.41) is 4.26. The molecule has 0 saturated heterocycles. The monoisotopic (exact) mass is 425 g/mol. The second-order valence-corrected chi connectivity index (χ2v) is 10.3. The summed E-state index contributed by atoms with van der Waals surface area (Å²) in [4.78, 5) is 0. The molecule has 2 aromatic rings. The summed E-state index contributed by atoms with van der Waals surface area (Å²) in [6, 6.07) is 11.7. The van der Waals surface area contributed by atoms with Gasteiger partial charge in [-0.25, -0.2) is 21.2 Å². The fourth-order valence-corrected chi connectivity index (χ4v) is 4.60. The Morgan fingerprint density at radius 1 is 1.11 bits per heavy atom. The highest BCUT2D eigenvalue weighted by atomic mass is 32.2. The van der Waals surface area contributed by atoms with Gasteiger partial charge in [-0.15, -0.1) is 0 Å². The maximum absolute atomic E-state index is 14.3. The first kappa shape index (κ1) is 20.3. The van der Waals surface area contributed by atoms with Crippen molar-refractivity contribution in [2.75, 3.05) is 16.7 Å². The highest BCUT2D eigenvalue weighted by Crippen LogP contribution is 2.36. The highest BCUT2D eigenvalue weighted by Gasteiger charge is 2.37. The average molecular weight is 426 g/mol. The predicted molar refractivity (Wildman–Crippen MR) is 107 cm³/mol. The van der Waals surface area contributed by atoms with Crippen LogP contribution in [-0.4, -0.2) is 39.0 Å². The number of hydrogen-bond donors (Lipinski definition) is 1. The van der Waals surface area contributed by atoms with Gasteiger partial charge in [0.2, 0.25) is 20.0 Å². The number of nitrogens with one attached hydrogen (secondary N) is 1. The molecule has 0 unspecified atom stereocenters. The number of rotatable bonds is 6. The van der Waals surface area contributed by atoms with Crippen molar-refractivity contribution >= 4 is 31.4 Å². The third-order valence-electron chi connectivity index (χ3n) is 4.31. The van der Waals surface area contributed by atoms with Crippen molar-refractivity contribution in [1.29, 1.82) is 0 Å². The zero-order chi connectivity index (χ0) is 20.5. The quantitative estimate of drug-likeness (QED) is 0.770. The van der Waals surface area contributed by atoms with E-state index in [1.165, 1.54) is 13.0 Å². The van der Waals surface area contributed by atoms with Crippen molar-refractivity contribution in [3.8, 4) is 0 Å². The smallest absolute Gasteiger partial charge is 0.250 e. The Hall–Kier alpha value is -2.46. The van der Waals surface area contributed by atoms with E-state index in [9.17, 15) is 21.2 Å². The molecule has 28 heavy (non-hydrogen) atoms. The van der Waals surface area contributed by atoms with E-state index in [1.807, 2.05) is 0 Å². The Balaban J connectivity index is 1.96. The van der Waals surface area contributed by atoms with E-state index in [-0.39, 0.29) is 17.7 Å². The summed E-state index contributed by atoms with van der Waals surface area (Å²) < 4.78 is 65.3. The summed E-state index contributed by atoms with van der Waals surface area (Å²) in [5.74, 6) is -0.653. The molecule has 3 rings (SSSR count). The van der Waals surface area contributed by atoms with Gasteiger partial charge in [-0.05, 0) is 30.7 Å². The SMILES string of the molecule is CCS(=O)(=O)N1N=C(c2ccc(NS(C)(=O)=O)cc2)C[C@@H]1c1ccccc1F. The van der Waals surface area contributed by atoms with Crippen molar-refractivity contribution in [3.05, 3.63) is 65.5 Å². The fraction of sp³-hybridized carbons (Fsp3) is 0.278. The third kappa shape index (κ3) is 4.33. The largest absolute Gasteiger partial charge is 0.284 e. The zero-order valence-electron chi connectivity index (χ0n) is 15.3. The number of hydrogen-bond acceptors (Lipinski definition) is 5. The van der Waals surface area contributed by atoms with Crippen LogP contribution in [0.25, 0.3) is 0 Å². The van der Waals surface area contributed by atoms with E-state index < -0.39 is 31.9 Å². The van der Waals surface area contributed by atoms with E-state index in [0.29, 0.717) is 17.0 Å². The van der Waals surface area contributed by atoms with Crippen molar-refractivity contribution in [2.45, 2.75) is 19.4 Å². The molecule has 0 bridgehead atoms. The minimum atomic E-state index is -3.70. The van der Waals surface area contributed by atoms with E-state index in [1.54, 1.807) is 42.5 Å². The third-order valence-corrected chi connectivity index (χ3v) is 6.55. The van der Waals surface area contributed by atoms with Crippen LogP contribution in [0.1, 0.15) is 30.5 Å². The number of halogens is 1. The highest BCUT2D eigenvalue weighted by molar-refractivity contribution is 7.92. The molecule has 150 valence electrons. The summed E-state index contributed by atoms with van der Waals surface area (Å²) in [6.07, 6.45) is 1.26. The first-order chi connectivity index (χ1) is 13.1. The zero-order valence-corrected chi connectivity index (χ0v) is 17.0. The molecule has 1 atom stereocenters. The molecule has 1 N–H and O–H groups in total. The van der Waals surface area contributed by atoms with Gasteiger partial charge in [-0.2, -0.15) is 9.52 Å². The van der Waals surface area contributed by atoms with Gasteiger partial charge in [0.25, 0.3) is 0 Å². The second kappa shape index (κ2) is 7.51. The van der Waals surface area contributed by atoms with Gasteiger partial charge < -0.3 is 0 Å². The molecule has 0 aliphatic carbocycles. The first-order valence-corrected chi connectivity index (χ1v) is 12.0. The molecule has 1 aliphatic heterocycles. The Bertz CT molecular complexity index is 1110. The van der Waals surface area contributed by atoms with Gasteiger partial charge in [-0.3, -0.25) is 4.72 Å². The van der Waals surface area contributed by atoms with E-state index >= 15 is 0 Å². The molecule has 7 nitrogen and oxygen atoms in total. The summed E-state index contributed by atoms with van der Waals surface area (Å²) in [5.41, 5.74) is 1.76. The lowest BCUT2D eigenvalue weighted by Gasteiger charge is -2.23. The standard InChI is InChI=1S/C18H20FN3O4S2/c1-3-28(25,26)22-18(15-6-4-5-7-16(15)19)12-17(20-22)13-8-10-14(11-9-13)21-27(2,23)24/h4-11,18,21H,3,12H2,1-2H3/t18-/m1/s1. The van der Waals surface area contributed by atoms with Crippen LogP contribution >= 0.6 is 0 Å². The van der Waals surface area contributed by atoms with Crippen molar-refractivity contribution in [3.63, 3.8) is 0 Å². The number of hydrazone groups is 1. The molecule has 1 heterocycles. The molecule has 0 aromatic heterocycles. The van der Waals surface area contributed by atoms with Gasteiger partial charge in [0.1, 0.15) is 5.82 Å². The van der Waals surface area contributed by atoms with Crippen LogP contribution in [-0.2, 0) is 20.0 Å². The van der Waals surface area contributed by atoms with E-state index in [0.717, 1.165) is 10.7 Å². The Kier molecular flexibility index (Phi) is 5.44. The molecule has 2 aromatic carbocycles. The van der Waals surface area contributed by atoms with Gasteiger partial charge >= 0.3 is 0 Å². The van der Waals surface area contributed by atoms with Gasteiger partial charge in [0, 0.05) is 17.7 Å². The Morgan fingerprint density at radius 3 is 2.32 bits per heavy atom. The van der Waals surface area contributed by atoms with Crippen LogP contribution in [0, 0.1) is 5.82 Å². The topological polar surface area (TPSA) is 95.9 Å². The van der Waals surface area contributed by atoms with Crippen molar-refractivity contribution in [2.24, 2.45) is 5.10 Å². The van der Waals surface area contributed by atoms with Crippen molar-refractivity contribution in [1.82, 2.24) is 4.41 Å². The second-order valence-electron chi connectivity index (χ2n) is 6.41. The lowest BCUT2D eigenvalue weighted by atomic mass is 9.99. The number of nitrogens with zero attached hydrogens (tertiary/aromatic N) is 2. The molecule has 0 fully saturated rings. The summed E-state index contributed by atoms with van der Waals surface area (Å²) >= 11 is 0. The van der Waals surface area contributed by atoms with Crippen LogP contribution in [0.2, 0.25) is 0 Å². The van der Waals surface area contributed by atoms with Crippen LogP contribution in [0.4, 0.5) is 10.1 Å². The normalized spacial score (nSPS) is 17.5. The average Bonchev–Trinajstić information content (AvgIpc) is 3.07. The van der Waals surface area contributed by atoms with Crippen LogP contribution in [0.15, 0.2) is 53.6 Å². The molecule has 0 radical (unpaired) electrons. The Labute approximate surface area is 164 Å². The molecule has 0 amide bonds. The van der Waals surface area contributed by atoms with E-state index in [2.05, 4.69) is 9.82 Å². The maximum Gasteiger partial charge on any atom is 0.250 e. The lowest BCUT2D eigenvalue weighted by molar-refractivity contribution is 0.363. The number of anilines is 1. The predicted octanol–water partition coefficient (Wildman–Crippen LogP) is 2.70. The Morgan fingerprint density at radius 2 is 1.75 bits per heavy atom. The molecule has 0 spiro atoms. The van der Waals surface area contributed by atoms with Crippen LogP contribution in [0.5, 0.6) is 0 Å². The fourth-order valence-electron chi connectivity index (χ4n) is 2.97. The molecule has 10 heteroatoms. The molecule has 0 saturated carbocycles. The maximum atomic E-state index is 14.3. The van der Waals surface area contributed by atoms with Gasteiger partial charge in [0.15, 0.2) is 0 Å².